The molecule has 13 heteroatoms. The van der Waals surface area contributed by atoms with Crippen LogP contribution in [0.5, 0.6) is 0 Å². The van der Waals surface area contributed by atoms with Crippen molar-refractivity contribution in [3.63, 3.8) is 0 Å². The Balaban J connectivity index is 1.65. The Kier molecular flexibility index (Phi) is 6.05. The summed E-state index contributed by atoms with van der Waals surface area (Å²) in [6, 6.07) is 4.50. The maximum atomic E-state index is 12.2. The lowest BCUT2D eigenvalue weighted by molar-refractivity contribution is -0.145. The largest absolute Gasteiger partial charge is 0.481 e. The summed E-state index contributed by atoms with van der Waals surface area (Å²) in [6.45, 7) is 0.220. The van der Waals surface area contributed by atoms with Gasteiger partial charge in [0.25, 0.3) is 11.5 Å². The number of carbonyl (C=O) groups excluding carboxylic acids is 1. The van der Waals surface area contributed by atoms with Gasteiger partial charge in [0.15, 0.2) is 11.2 Å². The summed E-state index contributed by atoms with van der Waals surface area (Å²) in [5.41, 5.74) is 6.37. The quantitative estimate of drug-likeness (QED) is 0.271. The topological polar surface area (TPSA) is 213 Å². The van der Waals surface area contributed by atoms with Gasteiger partial charge in [-0.2, -0.15) is 4.98 Å². The Morgan fingerprint density at radius 3 is 2.48 bits per heavy atom. The number of nitrogens with two attached hydrogens (primary N) is 1. The molecule has 0 aliphatic carbocycles. The van der Waals surface area contributed by atoms with E-state index in [0.717, 1.165) is 0 Å². The Bertz CT molecular complexity index is 1210. The van der Waals surface area contributed by atoms with Gasteiger partial charge in [0.2, 0.25) is 5.95 Å². The van der Waals surface area contributed by atoms with Crippen LogP contribution in [0.2, 0.25) is 0 Å². The van der Waals surface area contributed by atoms with Crippen molar-refractivity contribution in [2.45, 2.75) is 19.0 Å². The van der Waals surface area contributed by atoms with Crippen LogP contribution in [0, 0.1) is 0 Å². The molecule has 0 aliphatic rings. The van der Waals surface area contributed by atoms with Crippen molar-refractivity contribution >= 4 is 40.6 Å². The molecule has 0 fully saturated rings. The van der Waals surface area contributed by atoms with Gasteiger partial charge < -0.3 is 26.6 Å². The van der Waals surface area contributed by atoms with Gasteiger partial charge in [-0.1, -0.05) is 0 Å². The molecule has 1 atom stereocenters. The van der Waals surface area contributed by atoms with Crippen LogP contribution in [0.25, 0.3) is 11.2 Å². The number of carboxylic acid groups (broad SMARTS) is 2. The normalized spacial score (nSPS) is 11.6. The lowest BCUT2D eigenvalue weighted by Crippen LogP contribution is -2.42. The van der Waals surface area contributed by atoms with E-state index in [1.807, 2.05) is 0 Å². The van der Waals surface area contributed by atoms with E-state index in [1.54, 1.807) is 12.1 Å². The van der Waals surface area contributed by atoms with E-state index in [9.17, 15) is 19.2 Å². The molecular formula is C18H17N7O6. The number of hydrogen-bond donors (Lipinski definition) is 6. The van der Waals surface area contributed by atoms with Gasteiger partial charge in [-0.25, -0.2) is 14.8 Å². The number of hydrogen-bond acceptors (Lipinski definition) is 9. The lowest BCUT2D eigenvalue weighted by Gasteiger charge is -2.13. The summed E-state index contributed by atoms with van der Waals surface area (Å²) in [6.07, 6.45) is 0.704. The number of amides is 1. The van der Waals surface area contributed by atoms with E-state index < -0.39 is 35.9 Å². The number of H-pyrrole nitrogens is 1. The van der Waals surface area contributed by atoms with Crippen LogP contribution in [0.3, 0.4) is 0 Å². The fourth-order valence-corrected chi connectivity index (χ4v) is 2.60. The number of nitrogens with zero attached hydrogens (tertiary/aromatic N) is 3. The third-order valence-electron chi connectivity index (χ3n) is 4.09. The number of carbonyl (C=O) groups is 3. The van der Waals surface area contributed by atoms with Gasteiger partial charge in [-0.15, -0.1) is 0 Å². The minimum Gasteiger partial charge on any atom is -0.481 e. The van der Waals surface area contributed by atoms with Crippen molar-refractivity contribution in [1.29, 1.82) is 0 Å². The minimum atomic E-state index is -1.54. The molecule has 3 aromatic rings. The highest BCUT2D eigenvalue weighted by Crippen LogP contribution is 2.12. The average molecular weight is 427 g/mol. The van der Waals surface area contributed by atoms with Crippen molar-refractivity contribution < 1.29 is 24.6 Å². The fourth-order valence-electron chi connectivity index (χ4n) is 2.60. The van der Waals surface area contributed by atoms with E-state index in [4.69, 9.17) is 15.9 Å². The molecule has 2 aromatic heterocycles. The highest BCUT2D eigenvalue weighted by molar-refractivity contribution is 5.97. The summed E-state index contributed by atoms with van der Waals surface area (Å²) < 4.78 is 0. The fraction of sp³-hybridized carbons (Fsp3) is 0.167. The number of nitrogens with one attached hydrogen (secondary N) is 3. The first kappa shape index (κ1) is 21.2. The zero-order valence-electron chi connectivity index (χ0n) is 15.8. The number of carboxylic acids is 2. The molecule has 0 unspecified atom stereocenters. The number of aromatic amines is 1. The highest BCUT2D eigenvalue weighted by Gasteiger charge is 2.23. The average Bonchev–Trinajstić information content (AvgIpc) is 2.71. The molecule has 0 saturated carbocycles. The molecule has 0 aliphatic heterocycles. The second-order valence-electron chi connectivity index (χ2n) is 6.38. The summed E-state index contributed by atoms with van der Waals surface area (Å²) in [7, 11) is 0. The molecule has 3 rings (SSSR count). The minimum absolute atomic E-state index is 0.0508. The summed E-state index contributed by atoms with van der Waals surface area (Å²) in [4.78, 5) is 60.3. The maximum Gasteiger partial charge on any atom is 0.326 e. The molecule has 0 bridgehead atoms. The number of anilines is 2. The zero-order valence-corrected chi connectivity index (χ0v) is 15.8. The van der Waals surface area contributed by atoms with Crippen LogP contribution in [0.1, 0.15) is 22.5 Å². The Morgan fingerprint density at radius 1 is 1.13 bits per heavy atom. The van der Waals surface area contributed by atoms with E-state index in [0.29, 0.717) is 11.4 Å². The third kappa shape index (κ3) is 5.29. The van der Waals surface area contributed by atoms with Gasteiger partial charge in [0, 0.05) is 11.3 Å². The van der Waals surface area contributed by atoms with Crippen LogP contribution in [0.4, 0.5) is 11.6 Å². The first-order valence-corrected chi connectivity index (χ1v) is 8.83. The van der Waals surface area contributed by atoms with Crippen molar-refractivity contribution in [2.24, 2.45) is 0 Å². The molecule has 1 amide bonds. The molecule has 13 nitrogen and oxygen atoms in total. The number of benzene rings is 1. The highest BCUT2D eigenvalue weighted by atomic mass is 16.4. The Hall–Kier alpha value is -4.55. The molecule has 160 valence electrons. The first-order chi connectivity index (χ1) is 14.7. The SMILES string of the molecule is Nc1nc2ncc(CNc3ccc(C(=O)N[C@H](CC(=O)O)C(=O)O)cc3)nc2c(=O)[nH]1. The van der Waals surface area contributed by atoms with Gasteiger partial charge in [-0.05, 0) is 24.3 Å². The van der Waals surface area contributed by atoms with E-state index in [-0.39, 0.29) is 29.2 Å². The van der Waals surface area contributed by atoms with E-state index >= 15 is 0 Å². The molecule has 1 aromatic carbocycles. The monoisotopic (exact) mass is 427 g/mol. The molecule has 0 radical (unpaired) electrons. The van der Waals surface area contributed by atoms with E-state index in [1.165, 1.54) is 18.3 Å². The molecule has 2 heterocycles. The number of aliphatic carboxylic acids is 2. The number of aromatic nitrogens is 4. The number of nitrogen functional groups attached to an aromatic ring is 1. The van der Waals surface area contributed by atoms with E-state index in [2.05, 4.69) is 30.6 Å². The predicted molar refractivity (Wildman–Crippen MR) is 107 cm³/mol. The summed E-state index contributed by atoms with van der Waals surface area (Å²) >= 11 is 0. The predicted octanol–water partition coefficient (Wildman–Crippen LogP) is -0.435. The smallest absolute Gasteiger partial charge is 0.326 e. The second kappa shape index (κ2) is 8.86. The second-order valence-corrected chi connectivity index (χ2v) is 6.38. The maximum absolute atomic E-state index is 12.2. The summed E-state index contributed by atoms with van der Waals surface area (Å²) in [5, 5.41) is 22.9. The third-order valence-corrected chi connectivity index (χ3v) is 4.09. The van der Waals surface area contributed by atoms with Crippen LogP contribution in [-0.2, 0) is 16.1 Å². The molecule has 0 spiro atoms. The van der Waals surface area contributed by atoms with Gasteiger partial charge in [-0.3, -0.25) is 19.4 Å². The summed E-state index contributed by atoms with van der Waals surface area (Å²) in [5.74, 6) is -3.56. The Labute approximate surface area is 173 Å². The van der Waals surface area contributed by atoms with Crippen molar-refractivity contribution in [3.05, 3.63) is 52.1 Å². The van der Waals surface area contributed by atoms with Crippen LogP contribution >= 0.6 is 0 Å². The standard InChI is InChI=1S/C18H17N7O6/c19-18-24-14-13(16(29)25-18)22-10(7-21-14)6-20-9-3-1-8(2-4-9)15(28)23-11(17(30)31)5-12(26)27/h1-4,7,11,20H,5-6H2,(H,23,28)(H,26,27)(H,30,31)(H3,19,21,24,25,29)/t11-/m1/s1. The van der Waals surface area contributed by atoms with Crippen molar-refractivity contribution in [1.82, 2.24) is 25.3 Å². The molecule has 0 saturated heterocycles. The zero-order chi connectivity index (χ0) is 22.5. The van der Waals surface area contributed by atoms with Crippen LogP contribution in [0.15, 0.2) is 35.3 Å². The molecular weight excluding hydrogens is 410 g/mol. The van der Waals surface area contributed by atoms with Gasteiger partial charge in [0.05, 0.1) is 24.9 Å². The number of fused-ring (bicyclic) bond motifs is 1. The Morgan fingerprint density at radius 2 is 1.84 bits per heavy atom. The van der Waals surface area contributed by atoms with Crippen LogP contribution < -0.4 is 21.9 Å². The van der Waals surface area contributed by atoms with Gasteiger partial charge in [0.1, 0.15) is 6.04 Å². The lowest BCUT2D eigenvalue weighted by atomic mass is 10.1. The van der Waals surface area contributed by atoms with Gasteiger partial charge >= 0.3 is 11.9 Å². The number of rotatable bonds is 8. The van der Waals surface area contributed by atoms with Crippen molar-refractivity contribution in [3.8, 4) is 0 Å². The molecule has 7 N–H and O–H groups in total. The molecule has 31 heavy (non-hydrogen) atoms. The van der Waals surface area contributed by atoms with Crippen LogP contribution in [-0.4, -0.2) is 54.0 Å². The first-order valence-electron chi connectivity index (χ1n) is 8.83. The van der Waals surface area contributed by atoms with Crippen molar-refractivity contribution in [2.75, 3.05) is 11.1 Å².